The Balaban J connectivity index is 1.58. The Morgan fingerprint density at radius 1 is 1.03 bits per heavy atom. The Morgan fingerprint density at radius 2 is 1.65 bits per heavy atom. The van der Waals surface area contributed by atoms with Gasteiger partial charge in [0.1, 0.15) is 0 Å². The van der Waals surface area contributed by atoms with Gasteiger partial charge in [-0.15, -0.1) is 0 Å². The molecule has 6 nitrogen and oxygen atoms in total. The molecule has 2 heterocycles. The van der Waals surface area contributed by atoms with E-state index in [2.05, 4.69) is 78.6 Å². The lowest BCUT2D eigenvalue weighted by Gasteiger charge is -2.44. The first-order chi connectivity index (χ1) is 15.2. The second-order valence-electron chi connectivity index (χ2n) is 8.32. The van der Waals surface area contributed by atoms with E-state index in [9.17, 15) is 5.26 Å². The smallest absolute Gasteiger partial charge is 0.180 e. The van der Waals surface area contributed by atoms with E-state index in [1.165, 1.54) is 11.1 Å². The molecule has 164 valence electrons. The van der Waals surface area contributed by atoms with Gasteiger partial charge in [-0.3, -0.25) is 9.74 Å². The van der Waals surface area contributed by atoms with Gasteiger partial charge in [0.2, 0.25) is 0 Å². The van der Waals surface area contributed by atoms with Crippen molar-refractivity contribution in [2.45, 2.75) is 64.3 Å². The number of hydroxylamine groups is 2. The summed E-state index contributed by atoms with van der Waals surface area (Å²) in [6.07, 6.45) is 0.588. The Bertz CT molecular complexity index is 816. The molecule has 0 unspecified atom stereocenters. The predicted octanol–water partition coefficient (Wildman–Crippen LogP) is 4.29. The monoisotopic (exact) mass is 421 g/mol. The summed E-state index contributed by atoms with van der Waals surface area (Å²) in [6, 6.07) is 23.7. The molecular formula is C25H31N3O3. The molecule has 0 aliphatic carbocycles. The van der Waals surface area contributed by atoms with Crippen LogP contribution in [0, 0.1) is 17.2 Å². The van der Waals surface area contributed by atoms with E-state index < -0.39 is 6.10 Å². The largest absolute Gasteiger partial charge is 0.351 e. The summed E-state index contributed by atoms with van der Waals surface area (Å²) in [5, 5.41) is 11.0. The normalized spacial score (nSPS) is 27.0. The van der Waals surface area contributed by atoms with Gasteiger partial charge >= 0.3 is 0 Å². The molecule has 2 fully saturated rings. The summed E-state index contributed by atoms with van der Waals surface area (Å²) in [5.41, 5.74) is 2.57. The minimum Gasteiger partial charge on any atom is -0.351 e. The highest BCUT2D eigenvalue weighted by molar-refractivity contribution is 5.17. The molecular weight excluding hydrogens is 390 g/mol. The van der Waals surface area contributed by atoms with E-state index >= 15 is 0 Å². The Kier molecular flexibility index (Phi) is 7.33. The van der Waals surface area contributed by atoms with Crippen LogP contribution in [0.4, 0.5) is 0 Å². The summed E-state index contributed by atoms with van der Waals surface area (Å²) in [4.78, 5) is 14.2. The second-order valence-corrected chi connectivity index (χ2v) is 8.32. The fourth-order valence-electron chi connectivity index (χ4n) is 4.65. The Hall–Kier alpha value is -2.27. The molecule has 0 aromatic heterocycles. The molecule has 4 rings (SSSR count). The summed E-state index contributed by atoms with van der Waals surface area (Å²) in [5.74, 6) is 0.246. The van der Waals surface area contributed by atoms with Gasteiger partial charge in [-0.05, 0) is 30.9 Å². The standard InChI is InChI=1S/C25H31N3O3/c1-3-29-25-15-23(24-14-22(16-26)30-28(24)31-25)19(2)27(17-20-10-6-4-7-11-20)18-21-12-8-5-9-13-21/h4-13,19,22-25H,3,14-15,17-18H2,1-2H3/t19-,22-,23+,24+,25-/m0/s1. The third-order valence-electron chi connectivity index (χ3n) is 6.29. The van der Waals surface area contributed by atoms with Crippen molar-refractivity contribution in [1.29, 1.82) is 5.26 Å². The third kappa shape index (κ3) is 5.32. The molecule has 0 spiro atoms. The first-order valence-electron chi connectivity index (χ1n) is 11.1. The number of rotatable bonds is 8. The molecule has 2 aliphatic heterocycles. The number of nitriles is 1. The van der Waals surface area contributed by atoms with Gasteiger partial charge in [0.05, 0.1) is 12.1 Å². The number of benzene rings is 2. The van der Waals surface area contributed by atoms with E-state index in [-0.39, 0.29) is 24.3 Å². The number of nitrogens with zero attached hydrogens (tertiary/aromatic N) is 3. The van der Waals surface area contributed by atoms with Gasteiger partial charge in [0.25, 0.3) is 0 Å². The van der Waals surface area contributed by atoms with Crippen LogP contribution in [0.3, 0.4) is 0 Å². The molecule has 2 aliphatic rings. The molecule has 2 aromatic carbocycles. The predicted molar refractivity (Wildman–Crippen MR) is 117 cm³/mol. The molecule has 2 saturated heterocycles. The van der Waals surface area contributed by atoms with Crippen molar-refractivity contribution in [1.82, 2.24) is 10.1 Å². The second kappa shape index (κ2) is 10.4. The van der Waals surface area contributed by atoms with Crippen molar-refractivity contribution in [3.8, 4) is 6.07 Å². The van der Waals surface area contributed by atoms with Crippen molar-refractivity contribution in [3.05, 3.63) is 71.8 Å². The number of fused-ring (bicyclic) bond motifs is 1. The van der Waals surface area contributed by atoms with E-state index in [0.29, 0.717) is 13.0 Å². The van der Waals surface area contributed by atoms with Crippen molar-refractivity contribution in [3.63, 3.8) is 0 Å². The van der Waals surface area contributed by atoms with Crippen LogP contribution in [0.5, 0.6) is 0 Å². The molecule has 5 atom stereocenters. The van der Waals surface area contributed by atoms with E-state index in [4.69, 9.17) is 14.4 Å². The summed E-state index contributed by atoms with van der Waals surface area (Å²) >= 11 is 0. The van der Waals surface area contributed by atoms with Gasteiger partial charge in [-0.2, -0.15) is 5.26 Å². The average molecular weight is 422 g/mol. The lowest BCUT2D eigenvalue weighted by atomic mass is 9.85. The van der Waals surface area contributed by atoms with Crippen LogP contribution in [0.25, 0.3) is 0 Å². The van der Waals surface area contributed by atoms with Crippen LogP contribution in [0.1, 0.15) is 37.8 Å². The van der Waals surface area contributed by atoms with E-state index in [1.807, 2.05) is 6.92 Å². The van der Waals surface area contributed by atoms with Crippen LogP contribution in [-0.4, -0.2) is 41.2 Å². The first kappa shape index (κ1) is 21.9. The molecule has 31 heavy (non-hydrogen) atoms. The molecule has 0 amide bonds. The molecule has 2 aromatic rings. The first-order valence-corrected chi connectivity index (χ1v) is 11.1. The van der Waals surface area contributed by atoms with Gasteiger partial charge in [-0.1, -0.05) is 65.9 Å². The maximum Gasteiger partial charge on any atom is 0.180 e. The summed E-state index contributed by atoms with van der Waals surface area (Å²) in [7, 11) is 0. The average Bonchev–Trinajstić information content (AvgIpc) is 3.22. The zero-order valence-corrected chi connectivity index (χ0v) is 18.3. The highest BCUT2D eigenvalue weighted by Crippen LogP contribution is 2.39. The Labute approximate surface area is 184 Å². The lowest BCUT2D eigenvalue weighted by Crippen LogP contribution is -2.53. The van der Waals surface area contributed by atoms with Crippen LogP contribution in [0.15, 0.2) is 60.7 Å². The zero-order valence-electron chi connectivity index (χ0n) is 18.3. The van der Waals surface area contributed by atoms with Crippen LogP contribution in [0.2, 0.25) is 0 Å². The third-order valence-corrected chi connectivity index (χ3v) is 6.29. The number of hydrogen-bond donors (Lipinski definition) is 0. The summed E-state index contributed by atoms with van der Waals surface area (Å²) in [6.45, 7) is 6.52. The van der Waals surface area contributed by atoms with Gasteiger partial charge in [-0.25, -0.2) is 4.84 Å². The van der Waals surface area contributed by atoms with Crippen molar-refractivity contribution < 1.29 is 14.4 Å². The topological polar surface area (TPSA) is 58.0 Å². The molecule has 6 heteroatoms. The minimum absolute atomic E-state index is 0.0328. The van der Waals surface area contributed by atoms with Gasteiger partial charge < -0.3 is 4.74 Å². The molecule has 0 radical (unpaired) electrons. The number of hydrogen-bond acceptors (Lipinski definition) is 6. The highest BCUT2D eigenvalue weighted by atomic mass is 17.0. The van der Waals surface area contributed by atoms with Gasteiger partial charge in [0.15, 0.2) is 12.4 Å². The Morgan fingerprint density at radius 3 is 2.19 bits per heavy atom. The quantitative estimate of drug-likeness (QED) is 0.634. The molecule has 0 bridgehead atoms. The van der Waals surface area contributed by atoms with E-state index in [1.54, 1.807) is 5.23 Å². The maximum absolute atomic E-state index is 9.41. The SMILES string of the molecule is CCO[C@@H]1C[C@H]([C@H](C)N(Cc2ccccc2)Cc2ccccc2)[C@H]2C[C@@H](C#N)ON2O1. The van der Waals surface area contributed by atoms with E-state index in [0.717, 1.165) is 19.5 Å². The lowest BCUT2D eigenvalue weighted by molar-refractivity contribution is -0.441. The minimum atomic E-state index is -0.475. The van der Waals surface area contributed by atoms with Gasteiger partial charge in [0, 0.05) is 38.6 Å². The highest BCUT2D eigenvalue weighted by Gasteiger charge is 2.48. The molecule has 0 N–H and O–H groups in total. The maximum atomic E-state index is 9.41. The van der Waals surface area contributed by atoms with Crippen LogP contribution < -0.4 is 0 Å². The fourth-order valence-corrected chi connectivity index (χ4v) is 4.65. The van der Waals surface area contributed by atoms with Crippen LogP contribution >= 0.6 is 0 Å². The van der Waals surface area contributed by atoms with Crippen LogP contribution in [-0.2, 0) is 27.5 Å². The number of ether oxygens (including phenoxy) is 1. The molecule has 0 saturated carbocycles. The van der Waals surface area contributed by atoms with Crippen molar-refractivity contribution >= 4 is 0 Å². The zero-order chi connectivity index (χ0) is 21.6. The van der Waals surface area contributed by atoms with Crippen molar-refractivity contribution in [2.24, 2.45) is 5.92 Å². The fraction of sp³-hybridized carbons (Fsp3) is 0.480. The van der Waals surface area contributed by atoms with Crippen molar-refractivity contribution in [2.75, 3.05) is 6.61 Å². The summed E-state index contributed by atoms with van der Waals surface area (Å²) < 4.78 is 5.81.